The second-order valence-corrected chi connectivity index (χ2v) is 9.21. The van der Waals surface area contributed by atoms with Crippen molar-refractivity contribution in [3.05, 3.63) is 52.7 Å². The Bertz CT molecular complexity index is 947. The normalized spacial score (nSPS) is 19.0. The number of aliphatic hydroxyl groups is 1. The van der Waals surface area contributed by atoms with Crippen molar-refractivity contribution in [2.24, 2.45) is 11.8 Å². The lowest BCUT2D eigenvalue weighted by Crippen LogP contribution is -2.37. The monoisotopic (exact) mass is 444 g/mol. The number of aromatic nitrogens is 1. The van der Waals surface area contributed by atoms with E-state index in [1.54, 1.807) is 36.5 Å². The molecule has 6 nitrogen and oxygen atoms in total. The molecule has 0 bridgehead atoms. The van der Waals surface area contributed by atoms with Crippen LogP contribution in [-0.2, 0) is 0 Å². The highest BCUT2D eigenvalue weighted by Gasteiger charge is 2.31. The number of ketones is 1. The third-order valence-electron chi connectivity index (χ3n) is 5.91. The Hall–Kier alpha value is -2.44. The molecular formula is C24H29ClN2O4. The fourth-order valence-electron chi connectivity index (χ4n) is 3.99. The van der Waals surface area contributed by atoms with Crippen LogP contribution in [-0.4, -0.2) is 33.9 Å². The van der Waals surface area contributed by atoms with Crippen LogP contribution in [0.15, 0.2) is 36.5 Å². The Labute approximate surface area is 188 Å². The molecule has 0 aliphatic heterocycles. The Morgan fingerprint density at radius 3 is 2.58 bits per heavy atom. The predicted octanol–water partition coefficient (Wildman–Crippen LogP) is 5.04. The molecule has 2 aromatic rings. The van der Waals surface area contributed by atoms with Crippen molar-refractivity contribution < 1.29 is 19.4 Å². The van der Waals surface area contributed by atoms with E-state index < -0.39 is 5.60 Å². The standard InChI is InChI=1S/C24H29ClN2O4/c1-15(28)17-11-19(25)13-20(12-17)31-23-21(5-4-10-26-23)22(29)27-14-16-6-8-18(9-7-16)24(2,3)30/h4-5,10-13,16,18,30H,6-9,14H2,1-3H3,(H,27,29). The number of carbonyl (C=O) groups is 2. The zero-order chi connectivity index (χ0) is 22.6. The van der Waals surface area contributed by atoms with E-state index in [2.05, 4.69) is 10.3 Å². The predicted molar refractivity (Wildman–Crippen MR) is 120 cm³/mol. The molecule has 0 spiro atoms. The van der Waals surface area contributed by atoms with Gasteiger partial charge in [0.2, 0.25) is 5.88 Å². The zero-order valence-corrected chi connectivity index (χ0v) is 18.9. The van der Waals surface area contributed by atoms with Crippen LogP contribution in [0.5, 0.6) is 11.6 Å². The van der Waals surface area contributed by atoms with Gasteiger partial charge in [-0.15, -0.1) is 0 Å². The van der Waals surface area contributed by atoms with Crippen molar-refractivity contribution in [2.75, 3.05) is 6.54 Å². The van der Waals surface area contributed by atoms with Crippen LogP contribution in [0.25, 0.3) is 0 Å². The van der Waals surface area contributed by atoms with E-state index in [0.717, 1.165) is 25.7 Å². The number of benzene rings is 1. The summed E-state index contributed by atoms with van der Waals surface area (Å²) in [7, 11) is 0. The number of amides is 1. The van der Waals surface area contributed by atoms with Crippen LogP contribution in [0.3, 0.4) is 0 Å². The molecule has 7 heteroatoms. The molecule has 0 unspecified atom stereocenters. The third kappa shape index (κ3) is 6.28. The number of Topliss-reactive ketones (excluding diaryl/α,β-unsaturated/α-hetero) is 1. The maximum atomic E-state index is 12.8. The fraction of sp³-hybridized carbons (Fsp3) is 0.458. The summed E-state index contributed by atoms with van der Waals surface area (Å²) in [4.78, 5) is 28.7. The lowest BCUT2D eigenvalue weighted by Gasteiger charge is -2.35. The molecular weight excluding hydrogens is 416 g/mol. The smallest absolute Gasteiger partial charge is 0.256 e. The first kappa shape index (κ1) is 23.2. The topological polar surface area (TPSA) is 88.5 Å². The van der Waals surface area contributed by atoms with Gasteiger partial charge in [-0.25, -0.2) is 4.98 Å². The third-order valence-corrected chi connectivity index (χ3v) is 6.12. The molecule has 1 aromatic heterocycles. The van der Waals surface area contributed by atoms with E-state index in [0.29, 0.717) is 40.3 Å². The Morgan fingerprint density at radius 1 is 1.23 bits per heavy atom. The largest absolute Gasteiger partial charge is 0.438 e. The quantitative estimate of drug-likeness (QED) is 0.584. The Morgan fingerprint density at radius 2 is 1.94 bits per heavy atom. The van der Waals surface area contributed by atoms with E-state index in [9.17, 15) is 14.7 Å². The zero-order valence-electron chi connectivity index (χ0n) is 18.2. The molecule has 1 heterocycles. The number of ether oxygens (including phenoxy) is 1. The molecule has 1 aromatic carbocycles. The molecule has 1 saturated carbocycles. The minimum absolute atomic E-state index is 0.134. The highest BCUT2D eigenvalue weighted by Crippen LogP contribution is 2.35. The van der Waals surface area contributed by atoms with Gasteiger partial charge < -0.3 is 15.2 Å². The number of nitrogens with zero attached hydrogens (tertiary/aromatic N) is 1. The van der Waals surface area contributed by atoms with E-state index >= 15 is 0 Å². The second kappa shape index (κ2) is 9.79. The summed E-state index contributed by atoms with van der Waals surface area (Å²) >= 11 is 6.09. The SMILES string of the molecule is CC(=O)c1cc(Cl)cc(Oc2ncccc2C(=O)NCC2CCC(C(C)(C)O)CC2)c1. The molecule has 31 heavy (non-hydrogen) atoms. The maximum absolute atomic E-state index is 12.8. The average Bonchev–Trinajstić information content (AvgIpc) is 2.71. The van der Waals surface area contributed by atoms with Crippen molar-refractivity contribution in [1.29, 1.82) is 0 Å². The van der Waals surface area contributed by atoms with Gasteiger partial charge in [0.05, 0.1) is 5.60 Å². The Kier molecular flexibility index (Phi) is 7.34. The minimum atomic E-state index is -0.654. The summed E-state index contributed by atoms with van der Waals surface area (Å²) in [5.74, 6) is 0.787. The molecule has 1 aliphatic carbocycles. The molecule has 0 radical (unpaired) electrons. The van der Waals surface area contributed by atoms with Crippen molar-refractivity contribution in [1.82, 2.24) is 10.3 Å². The van der Waals surface area contributed by atoms with E-state index in [-0.39, 0.29) is 17.6 Å². The first-order valence-electron chi connectivity index (χ1n) is 10.6. The highest BCUT2D eigenvalue weighted by molar-refractivity contribution is 6.31. The van der Waals surface area contributed by atoms with Gasteiger partial charge in [0.15, 0.2) is 5.78 Å². The number of halogens is 1. The summed E-state index contributed by atoms with van der Waals surface area (Å²) in [5, 5.41) is 13.5. The molecule has 0 atom stereocenters. The number of carbonyl (C=O) groups excluding carboxylic acids is 2. The Balaban J connectivity index is 1.64. The van der Waals surface area contributed by atoms with Crippen molar-refractivity contribution in [2.45, 2.75) is 52.1 Å². The van der Waals surface area contributed by atoms with E-state index in [4.69, 9.17) is 16.3 Å². The molecule has 1 aliphatic rings. The number of nitrogens with one attached hydrogen (secondary N) is 1. The van der Waals surface area contributed by atoms with Crippen LogP contribution >= 0.6 is 11.6 Å². The summed E-state index contributed by atoms with van der Waals surface area (Å²) in [5.41, 5.74) is 0.0850. The molecule has 3 rings (SSSR count). The van der Waals surface area contributed by atoms with Crippen molar-refractivity contribution in [3.8, 4) is 11.6 Å². The lowest BCUT2D eigenvalue weighted by molar-refractivity contribution is -0.00575. The van der Waals surface area contributed by atoms with Crippen LogP contribution in [0, 0.1) is 11.8 Å². The van der Waals surface area contributed by atoms with Crippen molar-refractivity contribution in [3.63, 3.8) is 0 Å². The first-order chi connectivity index (χ1) is 14.6. The molecule has 1 amide bonds. The average molecular weight is 445 g/mol. The summed E-state index contributed by atoms with van der Waals surface area (Å²) in [6.07, 6.45) is 5.40. The molecule has 1 fully saturated rings. The summed E-state index contributed by atoms with van der Waals surface area (Å²) in [6.45, 7) is 5.74. The molecule has 2 N–H and O–H groups in total. The van der Waals surface area contributed by atoms with Gasteiger partial charge in [0, 0.05) is 23.3 Å². The maximum Gasteiger partial charge on any atom is 0.256 e. The number of rotatable bonds is 7. The van der Waals surface area contributed by atoms with E-state index in [1.165, 1.54) is 6.92 Å². The minimum Gasteiger partial charge on any atom is -0.438 e. The fourth-order valence-corrected chi connectivity index (χ4v) is 4.21. The van der Waals surface area contributed by atoms with Gasteiger partial charge in [-0.05, 0) is 88.6 Å². The first-order valence-corrected chi connectivity index (χ1v) is 11.0. The van der Waals surface area contributed by atoms with Gasteiger partial charge >= 0.3 is 0 Å². The van der Waals surface area contributed by atoms with Crippen LogP contribution in [0.4, 0.5) is 0 Å². The summed E-state index contributed by atoms with van der Waals surface area (Å²) in [6, 6.07) is 8.04. The lowest BCUT2D eigenvalue weighted by atomic mass is 9.75. The number of pyridine rings is 1. The highest BCUT2D eigenvalue weighted by atomic mass is 35.5. The van der Waals surface area contributed by atoms with Crippen LogP contribution in [0.2, 0.25) is 5.02 Å². The van der Waals surface area contributed by atoms with Gasteiger partial charge in [-0.1, -0.05) is 11.6 Å². The van der Waals surface area contributed by atoms with Gasteiger partial charge in [0.1, 0.15) is 11.3 Å². The van der Waals surface area contributed by atoms with Gasteiger partial charge in [-0.2, -0.15) is 0 Å². The number of hydrogen-bond donors (Lipinski definition) is 2. The number of hydrogen-bond acceptors (Lipinski definition) is 5. The summed E-state index contributed by atoms with van der Waals surface area (Å²) < 4.78 is 5.81. The van der Waals surface area contributed by atoms with Crippen LogP contribution < -0.4 is 10.1 Å². The van der Waals surface area contributed by atoms with Crippen molar-refractivity contribution >= 4 is 23.3 Å². The van der Waals surface area contributed by atoms with Gasteiger partial charge in [-0.3, -0.25) is 9.59 Å². The van der Waals surface area contributed by atoms with E-state index in [1.807, 2.05) is 13.8 Å². The second-order valence-electron chi connectivity index (χ2n) is 8.77. The van der Waals surface area contributed by atoms with Gasteiger partial charge in [0.25, 0.3) is 5.91 Å². The van der Waals surface area contributed by atoms with Crippen LogP contribution in [0.1, 0.15) is 67.2 Å². The molecule has 0 saturated heterocycles. The molecule has 166 valence electrons.